The van der Waals surface area contributed by atoms with E-state index in [0.29, 0.717) is 6.42 Å². The zero-order valence-corrected chi connectivity index (χ0v) is 6.75. The molecule has 0 aromatic rings. The van der Waals surface area contributed by atoms with Gasteiger partial charge < -0.3 is 14.6 Å². The van der Waals surface area contributed by atoms with Crippen molar-refractivity contribution in [2.24, 2.45) is 5.11 Å². The Morgan fingerprint density at radius 1 is 1.83 bits per heavy atom. The molecule has 6 heteroatoms. The zero-order chi connectivity index (χ0) is 8.97. The van der Waals surface area contributed by atoms with Crippen molar-refractivity contribution in [3.63, 3.8) is 0 Å². The van der Waals surface area contributed by atoms with E-state index in [1.165, 1.54) is 7.11 Å². The average Bonchev–Trinajstić information content (AvgIpc) is 2.43. The van der Waals surface area contributed by atoms with Crippen LogP contribution in [0.15, 0.2) is 5.11 Å². The predicted octanol–water partition coefficient (Wildman–Crippen LogP) is 0.419. The summed E-state index contributed by atoms with van der Waals surface area (Å²) in [5.74, 6) is 0. The van der Waals surface area contributed by atoms with Gasteiger partial charge in [-0.2, -0.15) is 0 Å². The summed E-state index contributed by atoms with van der Waals surface area (Å²) in [4.78, 5) is 2.60. The van der Waals surface area contributed by atoms with E-state index in [2.05, 4.69) is 10.0 Å². The fourth-order valence-corrected chi connectivity index (χ4v) is 1.17. The van der Waals surface area contributed by atoms with Crippen molar-refractivity contribution in [3.05, 3.63) is 10.4 Å². The summed E-state index contributed by atoms with van der Waals surface area (Å²) in [6.07, 6.45) is -0.962. The Hall–Kier alpha value is -0.810. The van der Waals surface area contributed by atoms with Crippen molar-refractivity contribution < 1.29 is 14.6 Å². The third-order valence-corrected chi connectivity index (χ3v) is 1.73. The number of hydrogen-bond donors (Lipinski definition) is 1. The first-order valence-corrected chi connectivity index (χ1v) is 3.65. The lowest BCUT2D eigenvalue weighted by atomic mass is 10.2. The van der Waals surface area contributed by atoms with Crippen molar-refractivity contribution in [1.29, 1.82) is 0 Å². The normalized spacial score (nSPS) is 34.7. The standard InChI is InChI=1S/C6H11N3O3/c1-11-6-5(10)2-4(12-6)3-8-9-7/h4-6,10H,2-3H2,1H3/t4-,5+,6+/m1/s1. The molecule has 1 aliphatic rings. The van der Waals surface area contributed by atoms with Crippen LogP contribution in [0, 0.1) is 0 Å². The number of aliphatic hydroxyl groups excluding tert-OH is 1. The molecule has 6 nitrogen and oxygen atoms in total. The Morgan fingerprint density at radius 2 is 2.58 bits per heavy atom. The molecule has 68 valence electrons. The summed E-state index contributed by atoms with van der Waals surface area (Å²) in [6.45, 7) is 0.243. The second-order valence-electron chi connectivity index (χ2n) is 2.58. The highest BCUT2D eigenvalue weighted by Gasteiger charge is 2.33. The molecule has 1 aliphatic heterocycles. The van der Waals surface area contributed by atoms with Crippen molar-refractivity contribution in [2.45, 2.75) is 24.9 Å². The molecule has 0 aromatic carbocycles. The fourth-order valence-electron chi connectivity index (χ4n) is 1.17. The van der Waals surface area contributed by atoms with Crippen LogP contribution < -0.4 is 0 Å². The Balaban J connectivity index is 2.37. The lowest BCUT2D eigenvalue weighted by molar-refractivity contribution is -0.146. The number of hydrogen-bond acceptors (Lipinski definition) is 4. The molecule has 1 N–H and O–H groups in total. The predicted molar refractivity (Wildman–Crippen MR) is 40.3 cm³/mol. The van der Waals surface area contributed by atoms with Crippen molar-refractivity contribution in [3.8, 4) is 0 Å². The number of nitrogens with zero attached hydrogens (tertiary/aromatic N) is 3. The third-order valence-electron chi connectivity index (χ3n) is 1.73. The van der Waals surface area contributed by atoms with Crippen LogP contribution in [0.3, 0.4) is 0 Å². The highest BCUT2D eigenvalue weighted by atomic mass is 16.7. The van der Waals surface area contributed by atoms with Crippen molar-refractivity contribution >= 4 is 0 Å². The van der Waals surface area contributed by atoms with Gasteiger partial charge in [0.1, 0.15) is 6.10 Å². The summed E-state index contributed by atoms with van der Waals surface area (Å²) in [6, 6.07) is 0. The zero-order valence-electron chi connectivity index (χ0n) is 6.75. The van der Waals surface area contributed by atoms with Gasteiger partial charge >= 0.3 is 0 Å². The summed E-state index contributed by atoms with van der Waals surface area (Å²) in [5.41, 5.74) is 8.02. The van der Waals surface area contributed by atoms with E-state index in [-0.39, 0.29) is 12.6 Å². The summed E-state index contributed by atoms with van der Waals surface area (Å²) in [5, 5.41) is 12.6. The molecule has 1 saturated heterocycles. The second-order valence-corrected chi connectivity index (χ2v) is 2.58. The van der Waals surface area contributed by atoms with Gasteiger partial charge in [0, 0.05) is 18.4 Å². The molecule has 3 atom stereocenters. The van der Waals surface area contributed by atoms with Crippen LogP contribution in [-0.2, 0) is 9.47 Å². The van der Waals surface area contributed by atoms with E-state index < -0.39 is 12.4 Å². The average molecular weight is 173 g/mol. The number of methoxy groups -OCH3 is 1. The Morgan fingerprint density at radius 3 is 3.08 bits per heavy atom. The second kappa shape index (κ2) is 4.27. The summed E-state index contributed by atoms with van der Waals surface area (Å²) < 4.78 is 10.0. The van der Waals surface area contributed by atoms with E-state index in [9.17, 15) is 5.11 Å². The lowest BCUT2D eigenvalue weighted by Gasteiger charge is -2.11. The van der Waals surface area contributed by atoms with Crippen molar-refractivity contribution in [2.75, 3.05) is 13.7 Å². The Bertz CT molecular complexity index is 192. The van der Waals surface area contributed by atoms with E-state index in [1.54, 1.807) is 0 Å². The van der Waals surface area contributed by atoms with Gasteiger partial charge in [-0.05, 0) is 5.53 Å². The molecule has 0 radical (unpaired) electrons. The Labute approximate surface area is 69.7 Å². The van der Waals surface area contributed by atoms with Crippen LogP contribution in [0.5, 0.6) is 0 Å². The van der Waals surface area contributed by atoms with Crippen molar-refractivity contribution in [1.82, 2.24) is 0 Å². The monoisotopic (exact) mass is 173 g/mol. The van der Waals surface area contributed by atoms with Gasteiger partial charge in [-0.3, -0.25) is 0 Å². The molecule has 1 rings (SSSR count). The smallest absolute Gasteiger partial charge is 0.183 e. The molecule has 0 bridgehead atoms. The van der Waals surface area contributed by atoms with E-state index in [0.717, 1.165) is 0 Å². The molecule has 0 amide bonds. The molecule has 1 fully saturated rings. The fraction of sp³-hybridized carbons (Fsp3) is 1.00. The first-order valence-electron chi connectivity index (χ1n) is 3.65. The maximum atomic E-state index is 9.27. The molecule has 0 aliphatic carbocycles. The quantitative estimate of drug-likeness (QED) is 0.381. The van der Waals surface area contributed by atoms with Gasteiger partial charge in [0.05, 0.1) is 12.6 Å². The number of aliphatic hydroxyl groups is 1. The minimum Gasteiger partial charge on any atom is -0.388 e. The first-order chi connectivity index (χ1) is 5.77. The van der Waals surface area contributed by atoms with Gasteiger partial charge in [-0.25, -0.2) is 0 Å². The molecule has 0 unspecified atom stereocenters. The van der Waals surface area contributed by atoms with Crippen LogP contribution in [0.25, 0.3) is 10.4 Å². The lowest BCUT2D eigenvalue weighted by Crippen LogP contribution is -2.22. The minimum absolute atomic E-state index is 0.221. The number of rotatable bonds is 3. The topological polar surface area (TPSA) is 87.5 Å². The number of ether oxygens (including phenoxy) is 2. The molecule has 1 heterocycles. The van der Waals surface area contributed by atoms with Crippen LogP contribution in [0.4, 0.5) is 0 Å². The van der Waals surface area contributed by atoms with Gasteiger partial charge in [-0.15, -0.1) is 0 Å². The third kappa shape index (κ3) is 2.09. The van der Waals surface area contributed by atoms with Crippen LogP contribution >= 0.6 is 0 Å². The van der Waals surface area contributed by atoms with Gasteiger partial charge in [-0.1, -0.05) is 5.11 Å². The van der Waals surface area contributed by atoms with Gasteiger partial charge in [0.15, 0.2) is 6.29 Å². The number of azide groups is 1. The van der Waals surface area contributed by atoms with E-state index >= 15 is 0 Å². The van der Waals surface area contributed by atoms with Crippen LogP contribution in [-0.4, -0.2) is 37.3 Å². The van der Waals surface area contributed by atoms with Gasteiger partial charge in [0.2, 0.25) is 0 Å². The molecule has 0 saturated carbocycles. The summed E-state index contributed by atoms with van der Waals surface area (Å²) >= 11 is 0. The van der Waals surface area contributed by atoms with Crippen LogP contribution in [0.2, 0.25) is 0 Å². The van der Waals surface area contributed by atoms with Gasteiger partial charge in [0.25, 0.3) is 0 Å². The molecular weight excluding hydrogens is 162 g/mol. The largest absolute Gasteiger partial charge is 0.388 e. The molecule has 0 aromatic heterocycles. The van der Waals surface area contributed by atoms with E-state index in [4.69, 9.17) is 15.0 Å². The highest BCUT2D eigenvalue weighted by molar-refractivity contribution is 4.78. The maximum absolute atomic E-state index is 9.27. The van der Waals surface area contributed by atoms with E-state index in [1.807, 2.05) is 0 Å². The highest BCUT2D eigenvalue weighted by Crippen LogP contribution is 2.20. The molecular formula is C6H11N3O3. The first kappa shape index (κ1) is 9.28. The maximum Gasteiger partial charge on any atom is 0.183 e. The Kier molecular flexibility index (Phi) is 3.31. The SMILES string of the molecule is CO[C@H]1O[C@@H](CN=[N+]=[N-])C[C@@H]1O. The molecule has 12 heavy (non-hydrogen) atoms. The molecule has 0 spiro atoms. The minimum atomic E-state index is -0.617. The summed E-state index contributed by atoms with van der Waals surface area (Å²) in [7, 11) is 1.46. The van der Waals surface area contributed by atoms with Crippen LogP contribution in [0.1, 0.15) is 6.42 Å².